The van der Waals surface area contributed by atoms with Gasteiger partial charge >= 0.3 is 0 Å². The van der Waals surface area contributed by atoms with Gasteiger partial charge in [0.15, 0.2) is 0 Å². The molecule has 82 valence electrons. The summed E-state index contributed by atoms with van der Waals surface area (Å²) >= 11 is 0. The van der Waals surface area contributed by atoms with Gasteiger partial charge in [-0.3, -0.25) is 0 Å². The van der Waals surface area contributed by atoms with E-state index >= 15 is 0 Å². The molecule has 2 nitrogen and oxygen atoms in total. The summed E-state index contributed by atoms with van der Waals surface area (Å²) < 4.78 is 0. The standard InChI is InChI=1S/C12H24N2/c1-10(2)13-9-11-5-7-14(8-6-11)12-3-4-12/h10-13H,3-9H2,1-2H3. The van der Waals surface area contributed by atoms with Crippen LogP contribution in [0.2, 0.25) is 0 Å². The summed E-state index contributed by atoms with van der Waals surface area (Å²) in [5, 5.41) is 3.56. The quantitative estimate of drug-likeness (QED) is 0.738. The molecule has 0 aromatic carbocycles. The second kappa shape index (κ2) is 4.63. The van der Waals surface area contributed by atoms with Crippen LogP contribution in [0.15, 0.2) is 0 Å². The van der Waals surface area contributed by atoms with Gasteiger partial charge in [-0.25, -0.2) is 0 Å². The first-order valence-corrected chi connectivity index (χ1v) is 6.23. The molecule has 1 saturated heterocycles. The van der Waals surface area contributed by atoms with Crippen molar-refractivity contribution in [3.8, 4) is 0 Å². The van der Waals surface area contributed by atoms with E-state index in [1.165, 1.54) is 45.3 Å². The molecule has 0 bridgehead atoms. The van der Waals surface area contributed by atoms with Crippen LogP contribution in [-0.2, 0) is 0 Å². The van der Waals surface area contributed by atoms with Gasteiger partial charge in [-0.2, -0.15) is 0 Å². The molecular formula is C12H24N2. The van der Waals surface area contributed by atoms with Crippen LogP contribution in [0.5, 0.6) is 0 Å². The van der Waals surface area contributed by atoms with E-state index in [2.05, 4.69) is 24.1 Å². The van der Waals surface area contributed by atoms with Gasteiger partial charge in [0.25, 0.3) is 0 Å². The predicted molar refractivity (Wildman–Crippen MR) is 60.5 cm³/mol. The maximum atomic E-state index is 3.56. The number of nitrogens with one attached hydrogen (secondary N) is 1. The minimum Gasteiger partial charge on any atom is -0.314 e. The van der Waals surface area contributed by atoms with Crippen LogP contribution in [0.3, 0.4) is 0 Å². The van der Waals surface area contributed by atoms with E-state index in [-0.39, 0.29) is 0 Å². The second-order valence-electron chi connectivity index (χ2n) is 5.27. The average Bonchev–Trinajstić information content (AvgIpc) is 2.99. The minimum absolute atomic E-state index is 0.650. The highest BCUT2D eigenvalue weighted by atomic mass is 15.2. The maximum Gasteiger partial charge on any atom is 0.00964 e. The number of likely N-dealkylation sites (tertiary alicyclic amines) is 1. The zero-order chi connectivity index (χ0) is 9.97. The Balaban J connectivity index is 1.62. The van der Waals surface area contributed by atoms with Gasteiger partial charge in [-0.15, -0.1) is 0 Å². The lowest BCUT2D eigenvalue weighted by molar-refractivity contribution is 0.173. The summed E-state index contributed by atoms with van der Waals surface area (Å²) in [5.74, 6) is 0.937. The Morgan fingerprint density at radius 1 is 1.14 bits per heavy atom. The number of hydrogen-bond donors (Lipinski definition) is 1. The average molecular weight is 196 g/mol. The fourth-order valence-electron chi connectivity index (χ4n) is 2.36. The largest absolute Gasteiger partial charge is 0.314 e. The second-order valence-corrected chi connectivity index (χ2v) is 5.27. The molecule has 2 rings (SSSR count). The Morgan fingerprint density at radius 2 is 1.79 bits per heavy atom. The molecule has 1 N–H and O–H groups in total. The van der Waals surface area contributed by atoms with E-state index < -0.39 is 0 Å². The number of rotatable bonds is 4. The molecule has 1 heterocycles. The van der Waals surface area contributed by atoms with Crippen molar-refractivity contribution in [2.24, 2.45) is 5.92 Å². The van der Waals surface area contributed by atoms with Gasteiger partial charge in [-0.1, -0.05) is 13.8 Å². The Morgan fingerprint density at radius 3 is 2.29 bits per heavy atom. The SMILES string of the molecule is CC(C)NCC1CCN(C2CC2)CC1. The van der Waals surface area contributed by atoms with Crippen LogP contribution in [0, 0.1) is 5.92 Å². The molecule has 2 heteroatoms. The number of nitrogens with zero attached hydrogens (tertiary/aromatic N) is 1. The molecule has 0 radical (unpaired) electrons. The Bertz CT molecular complexity index is 167. The molecular weight excluding hydrogens is 172 g/mol. The molecule has 0 aromatic heterocycles. The highest BCUT2D eigenvalue weighted by Crippen LogP contribution is 2.30. The molecule has 14 heavy (non-hydrogen) atoms. The molecule has 0 atom stereocenters. The van der Waals surface area contributed by atoms with Gasteiger partial charge in [-0.05, 0) is 51.2 Å². The number of piperidine rings is 1. The molecule has 2 fully saturated rings. The summed E-state index contributed by atoms with van der Waals surface area (Å²) in [7, 11) is 0. The van der Waals surface area contributed by atoms with Crippen molar-refractivity contribution in [3.63, 3.8) is 0 Å². The summed E-state index contributed by atoms with van der Waals surface area (Å²) in [6.45, 7) is 8.42. The van der Waals surface area contributed by atoms with Crippen molar-refractivity contribution in [2.75, 3.05) is 19.6 Å². The Labute approximate surface area is 88.1 Å². The van der Waals surface area contributed by atoms with E-state index in [0.29, 0.717) is 6.04 Å². The summed E-state index contributed by atoms with van der Waals surface area (Å²) in [4.78, 5) is 2.70. The van der Waals surface area contributed by atoms with Crippen molar-refractivity contribution < 1.29 is 0 Å². The van der Waals surface area contributed by atoms with E-state index in [4.69, 9.17) is 0 Å². The van der Waals surface area contributed by atoms with E-state index in [1.807, 2.05) is 0 Å². The molecule has 1 saturated carbocycles. The van der Waals surface area contributed by atoms with Gasteiger partial charge in [0.05, 0.1) is 0 Å². The third kappa shape index (κ3) is 2.96. The van der Waals surface area contributed by atoms with Crippen LogP contribution in [-0.4, -0.2) is 36.6 Å². The molecule has 2 aliphatic rings. The van der Waals surface area contributed by atoms with Crippen molar-refractivity contribution in [2.45, 2.75) is 51.6 Å². The monoisotopic (exact) mass is 196 g/mol. The fraction of sp³-hybridized carbons (Fsp3) is 1.00. The summed E-state index contributed by atoms with van der Waals surface area (Å²) in [5.41, 5.74) is 0. The lowest BCUT2D eigenvalue weighted by atomic mass is 9.96. The first-order chi connectivity index (χ1) is 6.75. The number of hydrogen-bond acceptors (Lipinski definition) is 2. The van der Waals surface area contributed by atoms with Crippen LogP contribution in [0.1, 0.15) is 39.5 Å². The first-order valence-electron chi connectivity index (χ1n) is 6.23. The lowest BCUT2D eigenvalue weighted by Gasteiger charge is -2.32. The van der Waals surface area contributed by atoms with Crippen molar-refractivity contribution >= 4 is 0 Å². The first kappa shape index (κ1) is 10.4. The van der Waals surface area contributed by atoms with E-state index in [9.17, 15) is 0 Å². The van der Waals surface area contributed by atoms with Gasteiger partial charge in [0.1, 0.15) is 0 Å². The lowest BCUT2D eigenvalue weighted by Crippen LogP contribution is -2.39. The Hall–Kier alpha value is -0.0800. The Kier molecular flexibility index (Phi) is 3.45. The van der Waals surface area contributed by atoms with Crippen LogP contribution in [0.4, 0.5) is 0 Å². The fourth-order valence-corrected chi connectivity index (χ4v) is 2.36. The van der Waals surface area contributed by atoms with Crippen LogP contribution in [0.25, 0.3) is 0 Å². The molecule has 0 unspecified atom stereocenters. The highest BCUT2D eigenvalue weighted by molar-refractivity contribution is 4.87. The minimum atomic E-state index is 0.650. The normalized spacial score (nSPS) is 25.9. The van der Waals surface area contributed by atoms with Crippen molar-refractivity contribution in [3.05, 3.63) is 0 Å². The van der Waals surface area contributed by atoms with E-state index in [1.54, 1.807) is 0 Å². The van der Waals surface area contributed by atoms with Gasteiger partial charge < -0.3 is 10.2 Å². The maximum absolute atomic E-state index is 3.56. The predicted octanol–water partition coefficient (Wildman–Crippen LogP) is 1.86. The van der Waals surface area contributed by atoms with Gasteiger partial charge in [0, 0.05) is 12.1 Å². The molecule has 0 spiro atoms. The van der Waals surface area contributed by atoms with E-state index in [0.717, 1.165) is 12.0 Å². The van der Waals surface area contributed by atoms with Crippen LogP contribution >= 0.6 is 0 Å². The molecule has 1 aliphatic carbocycles. The summed E-state index contributed by atoms with van der Waals surface area (Å²) in [6.07, 6.45) is 5.76. The van der Waals surface area contributed by atoms with Crippen molar-refractivity contribution in [1.82, 2.24) is 10.2 Å². The third-order valence-corrected chi connectivity index (χ3v) is 3.53. The zero-order valence-electron chi connectivity index (χ0n) is 9.63. The molecule has 0 amide bonds. The summed E-state index contributed by atoms with van der Waals surface area (Å²) in [6, 6.07) is 1.63. The molecule has 1 aliphatic heterocycles. The zero-order valence-corrected chi connectivity index (χ0v) is 9.63. The smallest absolute Gasteiger partial charge is 0.00964 e. The highest BCUT2D eigenvalue weighted by Gasteiger charge is 2.31. The van der Waals surface area contributed by atoms with Crippen molar-refractivity contribution in [1.29, 1.82) is 0 Å². The molecule has 0 aromatic rings. The van der Waals surface area contributed by atoms with Crippen LogP contribution < -0.4 is 5.32 Å². The van der Waals surface area contributed by atoms with Gasteiger partial charge in [0.2, 0.25) is 0 Å². The topological polar surface area (TPSA) is 15.3 Å². The third-order valence-electron chi connectivity index (χ3n) is 3.53.